The Balaban J connectivity index is 2.62. The number of nitrogens with one attached hydrogen (secondary N) is 1. The Bertz CT molecular complexity index is 288. The van der Waals surface area contributed by atoms with Gasteiger partial charge in [0.1, 0.15) is 6.04 Å². The molecule has 1 heterocycles. The third-order valence-corrected chi connectivity index (χ3v) is 7.73. The van der Waals surface area contributed by atoms with Crippen molar-refractivity contribution in [3.63, 3.8) is 0 Å². The molecule has 1 rings (SSSR count). The van der Waals surface area contributed by atoms with E-state index in [9.17, 15) is 4.79 Å². The fourth-order valence-corrected chi connectivity index (χ4v) is 6.38. The molecule has 1 N–H and O–H groups in total. The van der Waals surface area contributed by atoms with Crippen molar-refractivity contribution in [3.8, 4) is 0 Å². The van der Waals surface area contributed by atoms with Gasteiger partial charge in [-0.2, -0.15) is 0 Å². The van der Waals surface area contributed by atoms with E-state index in [-0.39, 0.29) is 12.0 Å². The van der Waals surface area contributed by atoms with Crippen LogP contribution in [0.2, 0.25) is 0 Å². The topological polar surface area (TPSA) is 47.6 Å². The van der Waals surface area contributed by atoms with Gasteiger partial charge in [-0.1, -0.05) is 25.2 Å². The largest absolute Gasteiger partial charge is 0.468 e. The lowest BCUT2D eigenvalue weighted by Crippen LogP contribution is -2.36. The Kier molecular flexibility index (Phi) is 5.74. The van der Waals surface area contributed by atoms with Crippen LogP contribution in [0.5, 0.6) is 0 Å². The van der Waals surface area contributed by atoms with Crippen LogP contribution in [-0.4, -0.2) is 31.5 Å². The molecule has 0 saturated carbocycles. The molecule has 1 saturated heterocycles. The fraction of sp³-hybridized carbons (Fsp3) is 0.889. The van der Waals surface area contributed by atoms with Crippen LogP contribution in [0.3, 0.4) is 0 Å². The standard InChI is InChI=1S/C9H18NO3PS2/c1-7(2)6-8(9(11)12-3)10-14(15)13-4-5-16-14/h7-8H,4-6H2,1-3H3,(H,10,15). The Labute approximate surface area is 106 Å². The molecule has 16 heavy (non-hydrogen) atoms. The van der Waals surface area contributed by atoms with Gasteiger partial charge in [-0.15, -0.1) is 0 Å². The minimum Gasteiger partial charge on any atom is -0.468 e. The zero-order valence-electron chi connectivity index (χ0n) is 9.76. The van der Waals surface area contributed by atoms with E-state index in [1.54, 1.807) is 11.4 Å². The first-order valence-electron chi connectivity index (χ1n) is 5.21. The maximum Gasteiger partial charge on any atom is 0.323 e. The molecule has 0 aromatic heterocycles. The molecule has 0 radical (unpaired) electrons. The zero-order chi connectivity index (χ0) is 12.2. The molecule has 2 unspecified atom stereocenters. The van der Waals surface area contributed by atoms with E-state index >= 15 is 0 Å². The molecule has 2 atom stereocenters. The van der Waals surface area contributed by atoms with Crippen LogP contribution in [0.4, 0.5) is 0 Å². The van der Waals surface area contributed by atoms with Crippen molar-refractivity contribution in [2.45, 2.75) is 26.3 Å². The van der Waals surface area contributed by atoms with E-state index in [0.29, 0.717) is 12.5 Å². The average Bonchev–Trinajstić information content (AvgIpc) is 2.62. The van der Waals surface area contributed by atoms with Gasteiger partial charge < -0.3 is 9.26 Å². The van der Waals surface area contributed by atoms with Crippen LogP contribution in [0.25, 0.3) is 0 Å². The SMILES string of the molecule is COC(=O)C(CC(C)C)NP1(=S)OCCS1. The fourth-order valence-electron chi connectivity index (χ4n) is 1.43. The van der Waals surface area contributed by atoms with Gasteiger partial charge in [0.05, 0.1) is 13.7 Å². The van der Waals surface area contributed by atoms with Crippen LogP contribution in [0.1, 0.15) is 20.3 Å². The van der Waals surface area contributed by atoms with Crippen molar-refractivity contribution in [2.75, 3.05) is 19.5 Å². The lowest BCUT2D eigenvalue weighted by atomic mass is 10.1. The summed E-state index contributed by atoms with van der Waals surface area (Å²) in [6.45, 7) is 4.80. The molecule has 1 fully saturated rings. The maximum atomic E-state index is 11.6. The van der Waals surface area contributed by atoms with Crippen molar-refractivity contribution in [2.24, 2.45) is 5.92 Å². The van der Waals surface area contributed by atoms with Crippen molar-refractivity contribution in [1.29, 1.82) is 0 Å². The molecular formula is C9H18NO3PS2. The molecule has 0 aliphatic carbocycles. The molecule has 4 nitrogen and oxygen atoms in total. The minimum absolute atomic E-state index is 0.256. The van der Waals surface area contributed by atoms with Crippen LogP contribution in [0, 0.1) is 5.92 Å². The molecule has 0 aromatic carbocycles. The van der Waals surface area contributed by atoms with Crippen molar-refractivity contribution in [3.05, 3.63) is 0 Å². The minimum atomic E-state index is -2.05. The average molecular weight is 283 g/mol. The summed E-state index contributed by atoms with van der Waals surface area (Å²) in [7, 11) is 1.40. The Hall–Kier alpha value is 0.390. The summed E-state index contributed by atoms with van der Waals surface area (Å²) in [6, 6.07) is -0.346. The van der Waals surface area contributed by atoms with Crippen molar-refractivity contribution < 1.29 is 14.1 Å². The second-order valence-electron chi connectivity index (χ2n) is 4.00. The summed E-state index contributed by atoms with van der Waals surface area (Å²) in [5.41, 5.74) is -2.05. The Morgan fingerprint density at radius 1 is 1.69 bits per heavy atom. The van der Waals surface area contributed by atoms with Gasteiger partial charge in [0, 0.05) is 5.75 Å². The Morgan fingerprint density at radius 3 is 2.81 bits per heavy atom. The molecule has 0 amide bonds. The summed E-state index contributed by atoms with van der Waals surface area (Å²) in [4.78, 5) is 11.6. The van der Waals surface area contributed by atoms with E-state index in [1.165, 1.54) is 7.11 Å². The number of rotatable bonds is 5. The van der Waals surface area contributed by atoms with E-state index in [1.807, 2.05) is 0 Å². The number of methoxy groups -OCH3 is 1. The first kappa shape index (κ1) is 14.5. The van der Waals surface area contributed by atoms with Crippen molar-refractivity contribution >= 4 is 34.8 Å². The first-order chi connectivity index (χ1) is 7.47. The number of ether oxygens (including phenoxy) is 1. The van der Waals surface area contributed by atoms with Gasteiger partial charge in [0.25, 0.3) is 0 Å². The molecule has 0 bridgehead atoms. The highest BCUT2D eigenvalue weighted by molar-refractivity contribution is 8.69. The summed E-state index contributed by atoms with van der Waals surface area (Å²) in [5.74, 6) is 1.06. The summed E-state index contributed by atoms with van der Waals surface area (Å²) in [6.07, 6.45) is 0.717. The van der Waals surface area contributed by atoms with Gasteiger partial charge >= 0.3 is 5.97 Å². The number of esters is 1. The van der Waals surface area contributed by atoms with Gasteiger partial charge in [-0.05, 0) is 24.1 Å². The van der Waals surface area contributed by atoms with E-state index < -0.39 is 5.62 Å². The quantitative estimate of drug-likeness (QED) is 0.616. The first-order valence-corrected chi connectivity index (χ1v) is 9.52. The third kappa shape index (κ3) is 4.34. The van der Waals surface area contributed by atoms with Gasteiger partial charge in [-0.25, -0.2) is 5.09 Å². The van der Waals surface area contributed by atoms with E-state index in [2.05, 4.69) is 18.9 Å². The predicted octanol–water partition coefficient (Wildman–Crippen LogP) is 2.15. The summed E-state index contributed by atoms with van der Waals surface area (Å²) in [5, 5.41) is 3.17. The molecule has 94 valence electrons. The van der Waals surface area contributed by atoms with Crippen LogP contribution < -0.4 is 5.09 Å². The van der Waals surface area contributed by atoms with Gasteiger partial charge in [0.2, 0.25) is 0 Å². The van der Waals surface area contributed by atoms with Crippen molar-refractivity contribution in [1.82, 2.24) is 5.09 Å². The van der Waals surface area contributed by atoms with Crippen LogP contribution in [-0.2, 0) is 25.9 Å². The summed E-state index contributed by atoms with van der Waals surface area (Å²) >= 11 is 7.01. The maximum absolute atomic E-state index is 11.6. The number of carbonyl (C=O) groups excluding carboxylic acids is 1. The molecule has 0 spiro atoms. The third-order valence-electron chi connectivity index (χ3n) is 2.11. The second-order valence-corrected chi connectivity index (χ2v) is 10.7. The molecule has 1 aliphatic rings. The monoisotopic (exact) mass is 283 g/mol. The number of hydrogen-bond acceptors (Lipinski definition) is 5. The number of hydrogen-bond donors (Lipinski definition) is 1. The highest BCUT2D eigenvalue weighted by Crippen LogP contribution is 2.60. The lowest BCUT2D eigenvalue weighted by Gasteiger charge is -2.23. The zero-order valence-corrected chi connectivity index (χ0v) is 12.3. The summed E-state index contributed by atoms with van der Waals surface area (Å²) < 4.78 is 10.3. The molecule has 0 aromatic rings. The van der Waals surface area contributed by atoms with Gasteiger partial charge in [-0.3, -0.25) is 4.79 Å². The van der Waals surface area contributed by atoms with E-state index in [4.69, 9.17) is 21.1 Å². The highest BCUT2D eigenvalue weighted by Gasteiger charge is 2.31. The number of carbonyl (C=O) groups is 1. The molecular weight excluding hydrogens is 265 g/mol. The lowest BCUT2D eigenvalue weighted by molar-refractivity contribution is -0.143. The Morgan fingerprint density at radius 2 is 2.38 bits per heavy atom. The second kappa shape index (κ2) is 6.36. The van der Waals surface area contributed by atoms with E-state index in [0.717, 1.165) is 12.2 Å². The predicted molar refractivity (Wildman–Crippen MR) is 71.1 cm³/mol. The molecule has 1 aliphatic heterocycles. The van der Waals surface area contributed by atoms with Crippen LogP contribution in [0.15, 0.2) is 0 Å². The van der Waals surface area contributed by atoms with Gasteiger partial charge in [0.15, 0.2) is 5.62 Å². The normalized spacial score (nSPS) is 27.0. The molecule has 7 heteroatoms. The van der Waals surface area contributed by atoms with Crippen LogP contribution >= 0.6 is 17.0 Å². The smallest absolute Gasteiger partial charge is 0.323 e. The highest BCUT2D eigenvalue weighted by atomic mass is 32.9.